The molecule has 24 heavy (non-hydrogen) atoms. The van der Waals surface area contributed by atoms with Gasteiger partial charge >= 0.3 is 6.18 Å². The van der Waals surface area contributed by atoms with Crippen molar-refractivity contribution in [1.82, 2.24) is 9.97 Å². The number of anilines is 1. The standard InChI is InChI=1S/C13H18F3N3O5/c14-13(15,16)9-3-17-4-10(19-9)18-7-5-24-8(6-23-2-1-20)12(22)11(7)21/h3-4,7-8,11-12,20-22H,1-2,5-6H2,(H,18,19)/t7-,8+,11+,12-/m0/s1. The van der Waals surface area contributed by atoms with E-state index in [9.17, 15) is 23.4 Å². The van der Waals surface area contributed by atoms with E-state index >= 15 is 0 Å². The summed E-state index contributed by atoms with van der Waals surface area (Å²) in [5, 5.41) is 31.3. The van der Waals surface area contributed by atoms with E-state index in [0.29, 0.717) is 6.20 Å². The molecular weight excluding hydrogens is 335 g/mol. The highest BCUT2D eigenvalue weighted by molar-refractivity contribution is 5.34. The van der Waals surface area contributed by atoms with E-state index in [0.717, 1.165) is 6.20 Å². The Morgan fingerprint density at radius 2 is 2.04 bits per heavy atom. The van der Waals surface area contributed by atoms with Crippen molar-refractivity contribution in [3.63, 3.8) is 0 Å². The molecule has 0 bridgehead atoms. The van der Waals surface area contributed by atoms with Gasteiger partial charge in [0.2, 0.25) is 0 Å². The first-order valence-electron chi connectivity index (χ1n) is 7.15. The number of alkyl halides is 3. The van der Waals surface area contributed by atoms with E-state index in [1.54, 1.807) is 0 Å². The number of nitrogens with zero attached hydrogens (tertiary/aromatic N) is 2. The van der Waals surface area contributed by atoms with Crippen molar-refractivity contribution < 1.29 is 38.0 Å². The van der Waals surface area contributed by atoms with Crippen LogP contribution in [0.3, 0.4) is 0 Å². The molecule has 0 spiro atoms. The number of hydrogen-bond acceptors (Lipinski definition) is 8. The predicted molar refractivity (Wildman–Crippen MR) is 74.1 cm³/mol. The van der Waals surface area contributed by atoms with Gasteiger partial charge in [-0.05, 0) is 0 Å². The van der Waals surface area contributed by atoms with Gasteiger partial charge < -0.3 is 30.1 Å². The molecule has 1 aromatic rings. The third-order valence-corrected chi connectivity index (χ3v) is 3.41. The fourth-order valence-corrected chi connectivity index (χ4v) is 2.18. The molecule has 0 aliphatic carbocycles. The Kier molecular flexibility index (Phi) is 6.29. The van der Waals surface area contributed by atoms with Gasteiger partial charge in [0.25, 0.3) is 0 Å². The Bertz CT molecular complexity index is 534. The van der Waals surface area contributed by atoms with Crippen LogP contribution in [-0.4, -0.2) is 76.1 Å². The first kappa shape index (κ1) is 18.8. The molecule has 11 heteroatoms. The van der Waals surface area contributed by atoms with Crippen LogP contribution in [0.4, 0.5) is 19.0 Å². The average Bonchev–Trinajstić information content (AvgIpc) is 2.54. The Morgan fingerprint density at radius 1 is 1.29 bits per heavy atom. The molecule has 4 N–H and O–H groups in total. The van der Waals surface area contributed by atoms with Gasteiger partial charge in [0.1, 0.15) is 24.1 Å². The highest BCUT2D eigenvalue weighted by Gasteiger charge is 2.39. The lowest BCUT2D eigenvalue weighted by molar-refractivity contribution is -0.160. The second kappa shape index (κ2) is 8.03. The van der Waals surface area contributed by atoms with Gasteiger partial charge in [-0.3, -0.25) is 4.98 Å². The van der Waals surface area contributed by atoms with Gasteiger partial charge in [-0.2, -0.15) is 13.2 Å². The van der Waals surface area contributed by atoms with E-state index < -0.39 is 36.2 Å². The molecule has 1 saturated heterocycles. The summed E-state index contributed by atoms with van der Waals surface area (Å²) in [6, 6.07) is -0.869. The highest BCUT2D eigenvalue weighted by atomic mass is 19.4. The van der Waals surface area contributed by atoms with Crippen LogP contribution in [0.15, 0.2) is 12.4 Å². The summed E-state index contributed by atoms with van der Waals surface area (Å²) in [7, 11) is 0. The lowest BCUT2D eigenvalue weighted by Crippen LogP contribution is -2.57. The summed E-state index contributed by atoms with van der Waals surface area (Å²) < 4.78 is 48.2. The molecule has 0 saturated carbocycles. The average molecular weight is 353 g/mol. The van der Waals surface area contributed by atoms with Gasteiger partial charge in [-0.25, -0.2) is 4.98 Å². The fourth-order valence-electron chi connectivity index (χ4n) is 2.18. The van der Waals surface area contributed by atoms with Crippen molar-refractivity contribution in [3.8, 4) is 0 Å². The van der Waals surface area contributed by atoms with Crippen molar-refractivity contribution in [2.24, 2.45) is 0 Å². The Labute approximate surface area is 135 Å². The number of aromatic nitrogens is 2. The molecule has 2 heterocycles. The minimum atomic E-state index is -4.64. The quantitative estimate of drug-likeness (QED) is 0.501. The first-order valence-corrected chi connectivity index (χ1v) is 7.15. The molecular formula is C13H18F3N3O5. The van der Waals surface area contributed by atoms with E-state index in [-0.39, 0.29) is 32.2 Å². The van der Waals surface area contributed by atoms with E-state index in [1.165, 1.54) is 0 Å². The maximum Gasteiger partial charge on any atom is 0.434 e. The number of aliphatic hydroxyl groups excluding tert-OH is 3. The van der Waals surface area contributed by atoms with Crippen molar-refractivity contribution in [1.29, 1.82) is 0 Å². The van der Waals surface area contributed by atoms with Crippen LogP contribution < -0.4 is 5.32 Å². The first-order chi connectivity index (χ1) is 11.3. The number of nitrogens with one attached hydrogen (secondary N) is 1. The van der Waals surface area contributed by atoms with Crippen LogP contribution in [0.25, 0.3) is 0 Å². The summed E-state index contributed by atoms with van der Waals surface area (Å²) >= 11 is 0. The minimum Gasteiger partial charge on any atom is -0.394 e. The summed E-state index contributed by atoms with van der Waals surface area (Å²) in [5.74, 6) is -0.195. The third kappa shape index (κ3) is 4.74. The Hall–Kier alpha value is -1.53. The molecule has 0 aromatic carbocycles. The summed E-state index contributed by atoms with van der Waals surface area (Å²) in [6.07, 6.45) is -6.41. The number of hydrogen-bond donors (Lipinski definition) is 4. The smallest absolute Gasteiger partial charge is 0.394 e. The van der Waals surface area contributed by atoms with Gasteiger partial charge in [0.15, 0.2) is 5.69 Å². The summed E-state index contributed by atoms with van der Waals surface area (Å²) in [5.41, 5.74) is -1.17. The molecule has 1 fully saturated rings. The molecule has 1 aromatic heterocycles. The van der Waals surface area contributed by atoms with Crippen LogP contribution in [-0.2, 0) is 15.7 Å². The maximum atomic E-state index is 12.6. The normalized spacial score (nSPS) is 27.9. The topological polar surface area (TPSA) is 117 Å². The zero-order valence-corrected chi connectivity index (χ0v) is 12.5. The minimum absolute atomic E-state index is 0.0329. The lowest BCUT2D eigenvalue weighted by atomic mass is 9.98. The Balaban J connectivity index is 1.97. The summed E-state index contributed by atoms with van der Waals surface area (Å²) in [4.78, 5) is 6.83. The molecule has 0 unspecified atom stereocenters. The monoisotopic (exact) mass is 353 g/mol. The van der Waals surface area contributed by atoms with Crippen molar-refractivity contribution in [2.75, 3.05) is 31.7 Å². The van der Waals surface area contributed by atoms with Gasteiger partial charge in [0.05, 0.1) is 44.9 Å². The van der Waals surface area contributed by atoms with Crippen LogP contribution in [0.5, 0.6) is 0 Å². The van der Waals surface area contributed by atoms with Gasteiger partial charge in [0, 0.05) is 0 Å². The molecule has 8 nitrogen and oxygen atoms in total. The highest BCUT2D eigenvalue weighted by Crippen LogP contribution is 2.28. The van der Waals surface area contributed by atoms with Gasteiger partial charge in [-0.1, -0.05) is 0 Å². The van der Waals surface area contributed by atoms with Gasteiger partial charge in [-0.15, -0.1) is 0 Å². The predicted octanol–water partition coefficient (Wildman–Crippen LogP) is -0.595. The fraction of sp³-hybridized carbons (Fsp3) is 0.692. The number of halogens is 3. The van der Waals surface area contributed by atoms with E-state index in [2.05, 4.69) is 15.3 Å². The molecule has 1 aliphatic heterocycles. The maximum absolute atomic E-state index is 12.6. The molecule has 136 valence electrons. The van der Waals surface area contributed by atoms with E-state index in [1.807, 2.05) is 0 Å². The van der Waals surface area contributed by atoms with Crippen LogP contribution in [0.2, 0.25) is 0 Å². The van der Waals surface area contributed by atoms with Crippen LogP contribution in [0.1, 0.15) is 5.69 Å². The summed E-state index contributed by atoms with van der Waals surface area (Å²) in [6.45, 7) is -0.244. The van der Waals surface area contributed by atoms with Crippen LogP contribution in [0, 0.1) is 0 Å². The largest absolute Gasteiger partial charge is 0.434 e. The second-order valence-corrected chi connectivity index (χ2v) is 5.19. The second-order valence-electron chi connectivity index (χ2n) is 5.19. The third-order valence-electron chi connectivity index (χ3n) is 3.41. The zero-order chi connectivity index (χ0) is 17.7. The SMILES string of the molecule is OCCOC[C@H]1OC[C@H](Nc2cncc(C(F)(F)F)n2)[C@@H](O)[C@H]1O. The van der Waals surface area contributed by atoms with Crippen molar-refractivity contribution in [3.05, 3.63) is 18.1 Å². The number of rotatable bonds is 6. The van der Waals surface area contributed by atoms with Crippen molar-refractivity contribution in [2.45, 2.75) is 30.5 Å². The molecule has 2 rings (SSSR count). The molecule has 0 radical (unpaired) electrons. The molecule has 4 atom stereocenters. The van der Waals surface area contributed by atoms with Crippen LogP contribution >= 0.6 is 0 Å². The lowest BCUT2D eigenvalue weighted by Gasteiger charge is -2.37. The van der Waals surface area contributed by atoms with Crippen molar-refractivity contribution >= 4 is 5.82 Å². The zero-order valence-electron chi connectivity index (χ0n) is 12.5. The number of ether oxygens (including phenoxy) is 2. The molecule has 1 aliphatic rings. The Morgan fingerprint density at radius 3 is 2.71 bits per heavy atom. The van der Waals surface area contributed by atoms with E-state index in [4.69, 9.17) is 14.6 Å². The molecule has 0 amide bonds. The number of aliphatic hydroxyl groups is 3.